The maximum atomic E-state index is 11.9. The topological polar surface area (TPSA) is 62.2 Å². The van der Waals surface area contributed by atoms with Gasteiger partial charge in [0.05, 0.1) is 18.8 Å². The van der Waals surface area contributed by atoms with Crippen molar-refractivity contribution in [2.75, 3.05) is 27.8 Å². The van der Waals surface area contributed by atoms with Crippen LogP contribution in [0.3, 0.4) is 0 Å². The molecule has 4 aliphatic rings. The highest BCUT2D eigenvalue weighted by Gasteiger charge is 2.89. The first-order chi connectivity index (χ1) is 14.7. The molecule has 3 unspecified atom stereocenters. The molecular weight excluding hydrogens is 390 g/mol. The van der Waals surface area contributed by atoms with Gasteiger partial charge in [0.2, 0.25) is 0 Å². The molecule has 1 aliphatic heterocycles. The van der Waals surface area contributed by atoms with E-state index in [1.165, 1.54) is 5.56 Å². The fourth-order valence-electron chi connectivity index (χ4n) is 9.16. The number of rotatable bonds is 6. The van der Waals surface area contributed by atoms with Crippen LogP contribution in [0.25, 0.3) is 0 Å². The molecule has 2 bridgehead atoms. The zero-order chi connectivity index (χ0) is 22.4. The summed E-state index contributed by atoms with van der Waals surface area (Å²) in [5, 5.41) is 23.4. The molecule has 172 valence electrons. The van der Waals surface area contributed by atoms with E-state index in [-0.39, 0.29) is 28.3 Å². The molecule has 2 saturated carbocycles. The number of aromatic hydroxyl groups is 1. The van der Waals surface area contributed by atoms with Crippen molar-refractivity contribution in [1.29, 1.82) is 0 Å². The van der Waals surface area contributed by atoms with Crippen LogP contribution in [0.1, 0.15) is 64.0 Å². The number of fused-ring (bicyclic) bond motifs is 2. The van der Waals surface area contributed by atoms with E-state index >= 15 is 0 Å². The molecule has 5 nitrogen and oxygen atoms in total. The molecule has 2 N–H and O–H groups in total. The van der Waals surface area contributed by atoms with Gasteiger partial charge in [-0.05, 0) is 69.7 Å². The Morgan fingerprint density at radius 2 is 2.00 bits per heavy atom. The lowest BCUT2D eigenvalue weighted by atomic mass is 9.47. The quantitative estimate of drug-likeness (QED) is 0.719. The third kappa shape index (κ3) is 2.19. The van der Waals surface area contributed by atoms with Crippen LogP contribution in [-0.2, 0) is 16.6 Å². The summed E-state index contributed by atoms with van der Waals surface area (Å²) < 4.78 is 11.7. The number of hydrogen-bond donors (Lipinski definition) is 2. The number of ether oxygens (including phenoxy) is 2. The van der Waals surface area contributed by atoms with Gasteiger partial charge >= 0.3 is 0 Å². The van der Waals surface area contributed by atoms with Crippen LogP contribution in [0.4, 0.5) is 0 Å². The zero-order valence-electron chi connectivity index (χ0n) is 20.0. The number of nitrogens with zero attached hydrogens (tertiary/aromatic N) is 1. The molecule has 1 saturated heterocycles. The van der Waals surface area contributed by atoms with Crippen molar-refractivity contribution >= 4 is 0 Å². The van der Waals surface area contributed by atoms with Crippen molar-refractivity contribution in [1.82, 2.24) is 4.90 Å². The average Bonchev–Trinajstić information content (AvgIpc) is 3.31. The zero-order valence-corrected chi connectivity index (χ0v) is 20.0. The van der Waals surface area contributed by atoms with Gasteiger partial charge in [-0.1, -0.05) is 26.3 Å². The Bertz CT molecular complexity index is 900. The summed E-state index contributed by atoms with van der Waals surface area (Å²) in [6.07, 6.45) is 5.66. The van der Waals surface area contributed by atoms with Gasteiger partial charge in [0.15, 0.2) is 11.5 Å². The fourth-order valence-corrected chi connectivity index (χ4v) is 9.16. The molecule has 0 spiro atoms. The first kappa shape index (κ1) is 21.5. The first-order valence-corrected chi connectivity index (χ1v) is 12.1. The minimum atomic E-state index is -0.790. The van der Waals surface area contributed by atoms with E-state index in [1.54, 1.807) is 14.2 Å². The SMILES string of the molecule is CCCC(C)(O)C12C[C@]3(CC)[C@H]4Cc5ccc(OC)c(O)c5[C@@]3(CCN4C)C1[C@@H]2OC. The summed E-state index contributed by atoms with van der Waals surface area (Å²) in [5.74, 6) is 1.08. The Labute approximate surface area is 186 Å². The summed E-state index contributed by atoms with van der Waals surface area (Å²) in [4.78, 5) is 2.54. The summed E-state index contributed by atoms with van der Waals surface area (Å²) in [7, 11) is 5.69. The smallest absolute Gasteiger partial charge is 0.161 e. The highest BCUT2D eigenvalue weighted by molar-refractivity contribution is 5.61. The van der Waals surface area contributed by atoms with Crippen molar-refractivity contribution in [3.05, 3.63) is 23.3 Å². The highest BCUT2D eigenvalue weighted by atomic mass is 16.5. The molecule has 5 heteroatoms. The Balaban J connectivity index is 1.81. The average molecular weight is 430 g/mol. The molecule has 1 heterocycles. The molecule has 0 radical (unpaired) electrons. The van der Waals surface area contributed by atoms with Gasteiger partial charge < -0.3 is 24.6 Å². The van der Waals surface area contributed by atoms with Crippen LogP contribution in [0.15, 0.2) is 12.1 Å². The van der Waals surface area contributed by atoms with Gasteiger partial charge in [0, 0.05) is 35.5 Å². The first-order valence-electron chi connectivity index (χ1n) is 12.1. The fraction of sp³-hybridized carbons (Fsp3) is 0.769. The maximum absolute atomic E-state index is 11.9. The summed E-state index contributed by atoms with van der Waals surface area (Å²) >= 11 is 0. The van der Waals surface area contributed by atoms with Crippen LogP contribution in [-0.4, -0.2) is 60.7 Å². The van der Waals surface area contributed by atoms with Crippen LogP contribution in [0.5, 0.6) is 11.5 Å². The third-order valence-electron chi connectivity index (χ3n) is 10.2. The molecule has 31 heavy (non-hydrogen) atoms. The van der Waals surface area contributed by atoms with E-state index in [1.807, 2.05) is 13.0 Å². The van der Waals surface area contributed by atoms with Crippen LogP contribution >= 0.6 is 0 Å². The van der Waals surface area contributed by atoms with Gasteiger partial charge in [-0.15, -0.1) is 0 Å². The van der Waals surface area contributed by atoms with Crippen molar-refractivity contribution in [2.24, 2.45) is 16.7 Å². The minimum Gasteiger partial charge on any atom is -0.504 e. The molecule has 0 amide bonds. The molecular formula is C26H39NO4. The van der Waals surface area contributed by atoms with Crippen LogP contribution < -0.4 is 4.74 Å². The number of aliphatic hydroxyl groups is 1. The Morgan fingerprint density at radius 1 is 1.26 bits per heavy atom. The summed E-state index contributed by atoms with van der Waals surface area (Å²) in [6, 6.07) is 4.48. The lowest BCUT2D eigenvalue weighted by Crippen LogP contribution is -2.66. The lowest BCUT2D eigenvalue weighted by Gasteiger charge is -2.63. The molecule has 5 rings (SSSR count). The lowest BCUT2D eigenvalue weighted by molar-refractivity contribution is -0.0992. The minimum absolute atomic E-state index is 0.00821. The number of benzene rings is 1. The van der Waals surface area contributed by atoms with Crippen LogP contribution in [0.2, 0.25) is 0 Å². The van der Waals surface area contributed by atoms with Gasteiger partial charge in [-0.2, -0.15) is 0 Å². The molecule has 0 aromatic heterocycles. The number of hydrogen-bond acceptors (Lipinski definition) is 5. The molecule has 1 aromatic carbocycles. The largest absolute Gasteiger partial charge is 0.504 e. The third-order valence-corrected chi connectivity index (χ3v) is 10.2. The highest BCUT2D eigenvalue weighted by Crippen LogP contribution is 2.86. The number of methoxy groups -OCH3 is 2. The summed E-state index contributed by atoms with van der Waals surface area (Å²) in [6.45, 7) is 7.51. The normalized spacial score (nSPS) is 42.4. The van der Waals surface area contributed by atoms with E-state index < -0.39 is 5.60 Å². The Morgan fingerprint density at radius 3 is 2.61 bits per heavy atom. The molecule has 3 fully saturated rings. The van der Waals surface area contributed by atoms with Crippen LogP contribution in [0, 0.1) is 16.7 Å². The molecule has 3 aliphatic carbocycles. The van der Waals surface area contributed by atoms with Crippen molar-refractivity contribution < 1.29 is 19.7 Å². The monoisotopic (exact) mass is 429 g/mol. The second-order valence-electron chi connectivity index (χ2n) is 11.0. The van der Waals surface area contributed by atoms with Gasteiger partial charge in [-0.3, -0.25) is 0 Å². The predicted octanol–water partition coefficient (Wildman–Crippen LogP) is 3.88. The molecule has 1 aromatic rings. The van der Waals surface area contributed by atoms with E-state index in [4.69, 9.17) is 9.47 Å². The van der Waals surface area contributed by atoms with E-state index in [0.29, 0.717) is 17.5 Å². The number of likely N-dealkylation sites (tertiary alicyclic amines) is 1. The number of phenols is 1. The van der Waals surface area contributed by atoms with Crippen molar-refractivity contribution in [3.63, 3.8) is 0 Å². The van der Waals surface area contributed by atoms with Crippen molar-refractivity contribution in [3.8, 4) is 11.5 Å². The second kappa shape index (κ2) is 6.61. The Kier molecular flexibility index (Phi) is 4.60. The van der Waals surface area contributed by atoms with Crippen molar-refractivity contribution in [2.45, 2.75) is 82.5 Å². The number of piperidine rings is 1. The van der Waals surface area contributed by atoms with E-state index in [2.05, 4.69) is 31.9 Å². The molecule has 7 atom stereocenters. The standard InChI is InChI=1S/C26H39NO4/c1-7-11-23(3,29)26-15-24(8-2)18-14-16-9-10-17(30-5)20(28)19(16)25(24,12-13-27(18)4)21(26)22(26)31-6/h9-10,18,21-22,28-29H,7-8,11-15H2,1-6H3/t18-,21?,22+,23?,24-,25+,26?/m1/s1. The number of likely N-dealkylation sites (N-methyl/N-ethyl adjacent to an activating group) is 1. The second-order valence-corrected chi connectivity index (χ2v) is 11.0. The summed E-state index contributed by atoms with van der Waals surface area (Å²) in [5.41, 5.74) is 1.08. The van der Waals surface area contributed by atoms with Gasteiger partial charge in [-0.25, -0.2) is 0 Å². The van der Waals surface area contributed by atoms with E-state index in [0.717, 1.165) is 50.6 Å². The maximum Gasteiger partial charge on any atom is 0.161 e. The van der Waals surface area contributed by atoms with E-state index in [9.17, 15) is 10.2 Å². The Hall–Kier alpha value is -1.30. The predicted molar refractivity (Wildman–Crippen MR) is 121 cm³/mol. The van der Waals surface area contributed by atoms with Gasteiger partial charge in [0.1, 0.15) is 0 Å². The number of phenolic OH excluding ortho intramolecular Hbond substituents is 1. The van der Waals surface area contributed by atoms with Gasteiger partial charge in [0.25, 0.3) is 0 Å².